The molecule has 2 fully saturated rings. The van der Waals surface area contributed by atoms with Gasteiger partial charge in [-0.1, -0.05) is 49.6 Å². The van der Waals surface area contributed by atoms with Crippen molar-refractivity contribution in [2.75, 3.05) is 13.1 Å². The molecule has 1 saturated carbocycles. The van der Waals surface area contributed by atoms with Crippen molar-refractivity contribution in [3.63, 3.8) is 0 Å². The average Bonchev–Trinajstić information content (AvgIpc) is 2.68. The molecule has 25 heavy (non-hydrogen) atoms. The van der Waals surface area contributed by atoms with Gasteiger partial charge in [0.05, 0.1) is 0 Å². The van der Waals surface area contributed by atoms with E-state index in [1.54, 1.807) is 6.08 Å². The van der Waals surface area contributed by atoms with Gasteiger partial charge in [-0.15, -0.1) is 0 Å². The maximum absolute atomic E-state index is 12.3. The second kappa shape index (κ2) is 8.84. The SMILES string of the molecule is O=C(NC1CCN(C(=O)C=Cc2ccccc2)CC1)C1CCCCC1. The third-order valence-electron chi connectivity index (χ3n) is 5.35. The van der Waals surface area contributed by atoms with Crippen LogP contribution in [-0.4, -0.2) is 35.8 Å². The molecule has 3 rings (SSSR count). The first-order valence-electron chi connectivity index (χ1n) is 9.55. The lowest BCUT2D eigenvalue weighted by Gasteiger charge is -2.33. The Morgan fingerprint density at radius 2 is 1.64 bits per heavy atom. The van der Waals surface area contributed by atoms with Crippen molar-refractivity contribution in [1.29, 1.82) is 0 Å². The fraction of sp³-hybridized carbons (Fsp3) is 0.524. The molecule has 0 unspecified atom stereocenters. The third-order valence-corrected chi connectivity index (χ3v) is 5.35. The van der Waals surface area contributed by atoms with E-state index in [1.165, 1.54) is 19.3 Å². The van der Waals surface area contributed by atoms with Crippen LogP contribution in [0.25, 0.3) is 6.08 Å². The Balaban J connectivity index is 1.42. The molecule has 0 spiro atoms. The number of hydrogen-bond donors (Lipinski definition) is 1. The van der Waals surface area contributed by atoms with E-state index in [1.807, 2.05) is 41.3 Å². The summed E-state index contributed by atoms with van der Waals surface area (Å²) in [4.78, 5) is 26.5. The summed E-state index contributed by atoms with van der Waals surface area (Å²) in [5.74, 6) is 0.497. The maximum Gasteiger partial charge on any atom is 0.246 e. The minimum atomic E-state index is 0.0564. The van der Waals surface area contributed by atoms with Crippen LogP contribution in [-0.2, 0) is 9.59 Å². The van der Waals surface area contributed by atoms with Gasteiger partial charge in [0.1, 0.15) is 0 Å². The Labute approximate surface area is 150 Å². The van der Waals surface area contributed by atoms with Crippen LogP contribution in [0.1, 0.15) is 50.5 Å². The van der Waals surface area contributed by atoms with E-state index in [0.717, 1.165) is 31.2 Å². The molecule has 1 aromatic carbocycles. The van der Waals surface area contributed by atoms with Gasteiger partial charge in [-0.2, -0.15) is 0 Å². The van der Waals surface area contributed by atoms with Gasteiger partial charge in [0.2, 0.25) is 11.8 Å². The molecule has 4 heteroatoms. The van der Waals surface area contributed by atoms with E-state index < -0.39 is 0 Å². The Bertz CT molecular complexity index is 598. The van der Waals surface area contributed by atoms with Gasteiger partial charge in [0.25, 0.3) is 0 Å². The number of piperidine rings is 1. The van der Waals surface area contributed by atoms with Crippen molar-refractivity contribution in [3.05, 3.63) is 42.0 Å². The zero-order chi connectivity index (χ0) is 17.5. The second-order valence-corrected chi connectivity index (χ2v) is 7.19. The number of carbonyl (C=O) groups is 2. The summed E-state index contributed by atoms with van der Waals surface area (Å²) in [7, 11) is 0. The van der Waals surface area contributed by atoms with Crippen LogP contribution in [0.5, 0.6) is 0 Å². The van der Waals surface area contributed by atoms with Crippen LogP contribution in [0.2, 0.25) is 0 Å². The highest BCUT2D eigenvalue weighted by molar-refractivity contribution is 5.91. The molecule has 1 N–H and O–H groups in total. The van der Waals surface area contributed by atoms with E-state index >= 15 is 0 Å². The normalized spacial score (nSPS) is 19.9. The quantitative estimate of drug-likeness (QED) is 0.854. The topological polar surface area (TPSA) is 49.4 Å². The first-order valence-corrected chi connectivity index (χ1v) is 9.55. The van der Waals surface area contributed by atoms with Crippen molar-refractivity contribution < 1.29 is 9.59 Å². The molecule has 0 bridgehead atoms. The number of carbonyl (C=O) groups excluding carboxylic acids is 2. The summed E-state index contributed by atoms with van der Waals surface area (Å²) < 4.78 is 0. The van der Waals surface area contributed by atoms with Crippen LogP contribution in [0.15, 0.2) is 36.4 Å². The van der Waals surface area contributed by atoms with E-state index in [4.69, 9.17) is 0 Å². The summed E-state index contributed by atoms with van der Waals surface area (Å²) in [6.45, 7) is 1.43. The maximum atomic E-state index is 12.3. The summed E-state index contributed by atoms with van der Waals surface area (Å²) in [5, 5.41) is 3.21. The van der Waals surface area contributed by atoms with Crippen molar-refractivity contribution in [2.45, 2.75) is 51.0 Å². The molecular formula is C21H28N2O2. The summed E-state index contributed by atoms with van der Waals surface area (Å²) in [5.41, 5.74) is 1.03. The van der Waals surface area contributed by atoms with Gasteiger partial charge in [-0.25, -0.2) is 0 Å². The fourth-order valence-electron chi connectivity index (χ4n) is 3.77. The Kier molecular flexibility index (Phi) is 6.26. The predicted octanol–water partition coefficient (Wildman–Crippen LogP) is 3.39. The number of rotatable bonds is 4. The highest BCUT2D eigenvalue weighted by Crippen LogP contribution is 2.24. The molecule has 2 amide bonds. The number of nitrogens with one attached hydrogen (secondary N) is 1. The molecule has 0 radical (unpaired) electrons. The molecule has 4 nitrogen and oxygen atoms in total. The zero-order valence-electron chi connectivity index (χ0n) is 14.8. The number of nitrogens with zero attached hydrogens (tertiary/aromatic N) is 1. The van der Waals surface area contributed by atoms with Crippen molar-refractivity contribution in [1.82, 2.24) is 10.2 Å². The number of hydrogen-bond acceptors (Lipinski definition) is 2. The smallest absolute Gasteiger partial charge is 0.246 e. The molecule has 1 aromatic rings. The minimum Gasteiger partial charge on any atom is -0.353 e. The molecule has 0 aromatic heterocycles. The van der Waals surface area contributed by atoms with E-state index in [0.29, 0.717) is 13.1 Å². The Hall–Kier alpha value is -2.10. The number of amides is 2. The van der Waals surface area contributed by atoms with Crippen LogP contribution in [0, 0.1) is 5.92 Å². The lowest BCUT2D eigenvalue weighted by atomic mass is 9.88. The molecule has 1 heterocycles. The van der Waals surface area contributed by atoms with Gasteiger partial charge in [0.15, 0.2) is 0 Å². The van der Waals surface area contributed by atoms with Crippen molar-refractivity contribution in [2.24, 2.45) is 5.92 Å². The summed E-state index contributed by atoms with van der Waals surface area (Å²) in [6.07, 6.45) is 10.9. The molecule has 2 aliphatic rings. The van der Waals surface area contributed by atoms with Gasteiger partial charge >= 0.3 is 0 Å². The zero-order valence-corrected chi connectivity index (χ0v) is 14.8. The van der Waals surface area contributed by atoms with E-state index in [-0.39, 0.29) is 23.8 Å². The average molecular weight is 340 g/mol. The monoisotopic (exact) mass is 340 g/mol. The van der Waals surface area contributed by atoms with E-state index in [9.17, 15) is 9.59 Å². The fourth-order valence-corrected chi connectivity index (χ4v) is 3.77. The predicted molar refractivity (Wildman–Crippen MR) is 99.8 cm³/mol. The van der Waals surface area contributed by atoms with Gasteiger partial charge < -0.3 is 10.2 Å². The van der Waals surface area contributed by atoms with Crippen LogP contribution in [0.4, 0.5) is 0 Å². The van der Waals surface area contributed by atoms with Gasteiger partial charge in [-0.05, 0) is 37.3 Å². The third kappa shape index (κ3) is 5.18. The highest BCUT2D eigenvalue weighted by Gasteiger charge is 2.26. The highest BCUT2D eigenvalue weighted by atomic mass is 16.2. The van der Waals surface area contributed by atoms with Crippen LogP contribution >= 0.6 is 0 Å². The van der Waals surface area contributed by atoms with Crippen molar-refractivity contribution >= 4 is 17.9 Å². The minimum absolute atomic E-state index is 0.0564. The molecule has 1 saturated heterocycles. The van der Waals surface area contributed by atoms with Gasteiger partial charge in [-0.3, -0.25) is 9.59 Å². The first kappa shape index (κ1) is 17.7. The number of likely N-dealkylation sites (tertiary alicyclic amines) is 1. The summed E-state index contributed by atoms with van der Waals surface area (Å²) in [6, 6.07) is 10.1. The molecule has 0 atom stereocenters. The lowest BCUT2D eigenvalue weighted by Crippen LogP contribution is -2.47. The first-order chi connectivity index (χ1) is 12.2. The van der Waals surface area contributed by atoms with E-state index in [2.05, 4.69) is 5.32 Å². The molecule has 1 aliphatic carbocycles. The van der Waals surface area contributed by atoms with Crippen molar-refractivity contribution in [3.8, 4) is 0 Å². The largest absolute Gasteiger partial charge is 0.353 e. The Morgan fingerprint density at radius 3 is 2.32 bits per heavy atom. The van der Waals surface area contributed by atoms with Crippen LogP contribution < -0.4 is 5.32 Å². The van der Waals surface area contributed by atoms with Gasteiger partial charge in [0, 0.05) is 31.1 Å². The lowest BCUT2D eigenvalue weighted by molar-refractivity contribution is -0.128. The van der Waals surface area contributed by atoms with Crippen LogP contribution in [0.3, 0.4) is 0 Å². The molecular weight excluding hydrogens is 312 g/mol. The second-order valence-electron chi connectivity index (χ2n) is 7.19. The Morgan fingerprint density at radius 1 is 0.960 bits per heavy atom. The summed E-state index contributed by atoms with van der Waals surface area (Å²) >= 11 is 0. The number of benzene rings is 1. The molecule has 134 valence electrons. The standard InChI is InChI=1S/C21H28N2O2/c24-20(12-11-17-7-3-1-4-8-17)23-15-13-19(14-16-23)22-21(25)18-9-5-2-6-10-18/h1,3-4,7-8,11-12,18-19H,2,5-6,9-10,13-16H2,(H,22,25). The molecule has 1 aliphatic heterocycles.